The van der Waals surface area contributed by atoms with Crippen LogP contribution in [-0.2, 0) is 11.8 Å². The first-order valence-electron chi connectivity index (χ1n) is 7.83. The third-order valence-electron chi connectivity index (χ3n) is 4.20. The van der Waals surface area contributed by atoms with Crippen LogP contribution in [0.3, 0.4) is 0 Å². The van der Waals surface area contributed by atoms with Crippen molar-refractivity contribution in [3.63, 3.8) is 0 Å². The second-order valence-corrected chi connectivity index (χ2v) is 5.89. The van der Waals surface area contributed by atoms with Crippen LogP contribution in [0.4, 0.5) is 4.39 Å². The van der Waals surface area contributed by atoms with E-state index < -0.39 is 6.04 Å². The van der Waals surface area contributed by atoms with Crippen LogP contribution in [0.5, 0.6) is 0 Å². The van der Waals surface area contributed by atoms with Gasteiger partial charge in [0.1, 0.15) is 17.7 Å². The number of nitrogens with one attached hydrogen (secondary N) is 1. The molecule has 0 bridgehead atoms. The molecule has 4 nitrogen and oxygen atoms in total. The Kier molecular flexibility index (Phi) is 4.55. The number of hydrogen-bond acceptors (Lipinski definition) is 2. The Labute approximate surface area is 135 Å². The predicted octanol–water partition coefficient (Wildman–Crippen LogP) is 3.12. The molecule has 1 amide bonds. The molecule has 0 radical (unpaired) electrons. The zero-order valence-corrected chi connectivity index (χ0v) is 13.1. The number of allylic oxidation sites excluding steroid dienone is 2. The molecule has 2 atom stereocenters. The molecule has 1 aliphatic carbocycles. The molecule has 1 aromatic carbocycles. The Balaban J connectivity index is 1.84. The number of carbonyl (C=O) groups excluding carboxylic acids is 1. The van der Waals surface area contributed by atoms with Crippen molar-refractivity contribution in [3.8, 4) is 0 Å². The van der Waals surface area contributed by atoms with Crippen molar-refractivity contribution in [1.82, 2.24) is 14.9 Å². The van der Waals surface area contributed by atoms with Gasteiger partial charge in [0.15, 0.2) is 0 Å². The van der Waals surface area contributed by atoms with Gasteiger partial charge in [0, 0.05) is 31.4 Å². The van der Waals surface area contributed by atoms with Gasteiger partial charge in [-0.05, 0) is 24.8 Å². The largest absolute Gasteiger partial charge is 0.342 e. The number of hydrogen-bond donors (Lipinski definition) is 1. The highest BCUT2D eigenvalue weighted by molar-refractivity contribution is 5.77. The Bertz CT molecular complexity index is 723. The number of benzene rings is 1. The van der Waals surface area contributed by atoms with Crippen LogP contribution < -0.4 is 5.32 Å². The molecule has 2 aromatic rings. The van der Waals surface area contributed by atoms with Crippen LogP contribution in [0.25, 0.3) is 0 Å². The van der Waals surface area contributed by atoms with Crippen molar-refractivity contribution in [2.75, 3.05) is 0 Å². The molecule has 0 spiro atoms. The molecule has 1 N–H and O–H groups in total. The second-order valence-electron chi connectivity index (χ2n) is 5.89. The molecule has 1 aliphatic rings. The lowest BCUT2D eigenvalue weighted by molar-refractivity contribution is -0.122. The van der Waals surface area contributed by atoms with Gasteiger partial charge in [0.2, 0.25) is 5.91 Å². The summed E-state index contributed by atoms with van der Waals surface area (Å²) in [6, 6.07) is 5.90. The van der Waals surface area contributed by atoms with Gasteiger partial charge in [0.25, 0.3) is 0 Å². The number of imidazole rings is 1. The molecule has 0 aliphatic heterocycles. The topological polar surface area (TPSA) is 46.9 Å². The first-order chi connectivity index (χ1) is 11.1. The lowest BCUT2D eigenvalue weighted by atomic mass is 10.0. The molecular formula is C18H20FN3O. The highest BCUT2D eigenvalue weighted by atomic mass is 19.1. The highest BCUT2D eigenvalue weighted by Gasteiger charge is 2.24. The summed E-state index contributed by atoms with van der Waals surface area (Å²) in [7, 11) is 1.84. The van der Waals surface area contributed by atoms with E-state index in [0.717, 1.165) is 12.8 Å². The van der Waals surface area contributed by atoms with Gasteiger partial charge < -0.3 is 9.88 Å². The minimum atomic E-state index is -0.589. The fourth-order valence-electron chi connectivity index (χ4n) is 2.97. The molecule has 1 aromatic heterocycles. The van der Waals surface area contributed by atoms with Crippen molar-refractivity contribution >= 4 is 5.91 Å². The smallest absolute Gasteiger partial charge is 0.221 e. The first kappa shape index (κ1) is 15.5. The highest BCUT2D eigenvalue weighted by Crippen LogP contribution is 2.25. The summed E-state index contributed by atoms with van der Waals surface area (Å²) in [5.74, 6) is 0.461. The van der Waals surface area contributed by atoms with Crippen LogP contribution in [0, 0.1) is 11.7 Å². The maximum Gasteiger partial charge on any atom is 0.221 e. The molecule has 0 fully saturated rings. The van der Waals surface area contributed by atoms with Gasteiger partial charge in [-0.25, -0.2) is 9.37 Å². The summed E-state index contributed by atoms with van der Waals surface area (Å²) in [6.07, 6.45) is 10.1. The second kappa shape index (κ2) is 6.77. The van der Waals surface area contributed by atoms with Crippen molar-refractivity contribution in [2.24, 2.45) is 13.0 Å². The Morgan fingerprint density at radius 3 is 2.96 bits per heavy atom. The molecular weight excluding hydrogens is 293 g/mol. The van der Waals surface area contributed by atoms with E-state index >= 15 is 0 Å². The number of carbonyl (C=O) groups is 1. The Morgan fingerprint density at radius 1 is 1.48 bits per heavy atom. The summed E-state index contributed by atoms with van der Waals surface area (Å²) in [5.41, 5.74) is 0.428. The monoisotopic (exact) mass is 313 g/mol. The van der Waals surface area contributed by atoms with Gasteiger partial charge in [-0.2, -0.15) is 0 Å². The summed E-state index contributed by atoms with van der Waals surface area (Å²) in [4.78, 5) is 16.7. The number of rotatable bonds is 5. The quantitative estimate of drug-likeness (QED) is 0.862. The van der Waals surface area contributed by atoms with Gasteiger partial charge in [-0.15, -0.1) is 0 Å². The van der Waals surface area contributed by atoms with E-state index in [1.165, 1.54) is 6.07 Å². The summed E-state index contributed by atoms with van der Waals surface area (Å²) >= 11 is 0. The zero-order chi connectivity index (χ0) is 16.2. The van der Waals surface area contributed by atoms with Crippen LogP contribution in [0.1, 0.15) is 36.7 Å². The maximum absolute atomic E-state index is 14.2. The predicted molar refractivity (Wildman–Crippen MR) is 86.1 cm³/mol. The van der Waals surface area contributed by atoms with Crippen molar-refractivity contribution in [3.05, 3.63) is 66.0 Å². The first-order valence-corrected chi connectivity index (χ1v) is 7.83. The molecule has 0 unspecified atom stereocenters. The van der Waals surface area contributed by atoms with E-state index in [-0.39, 0.29) is 17.6 Å². The Hall–Kier alpha value is -2.43. The zero-order valence-electron chi connectivity index (χ0n) is 13.1. The van der Waals surface area contributed by atoms with Gasteiger partial charge in [0.05, 0.1) is 0 Å². The van der Waals surface area contributed by atoms with Crippen LogP contribution >= 0.6 is 0 Å². The third-order valence-corrected chi connectivity index (χ3v) is 4.20. The summed E-state index contributed by atoms with van der Waals surface area (Å²) < 4.78 is 16.0. The molecule has 1 heterocycles. The standard InChI is InChI=1S/C18H20FN3O/c1-22-11-10-20-18(22)17(14-8-4-5-9-15(14)19)21-16(23)12-13-6-2-3-7-13/h2,4-6,8-11,13,17H,3,7,12H2,1H3,(H,21,23)/t13-,17+/m0/s1. The fraction of sp³-hybridized carbons (Fsp3) is 0.333. The van der Waals surface area contributed by atoms with Gasteiger partial charge in [-0.3, -0.25) is 4.79 Å². The molecule has 120 valence electrons. The summed E-state index contributed by atoms with van der Waals surface area (Å²) in [6.45, 7) is 0. The third kappa shape index (κ3) is 3.50. The summed E-state index contributed by atoms with van der Waals surface area (Å²) in [5, 5.41) is 2.95. The van der Waals surface area contributed by atoms with Crippen molar-refractivity contribution < 1.29 is 9.18 Å². The van der Waals surface area contributed by atoms with E-state index in [1.807, 2.05) is 7.05 Å². The number of aromatic nitrogens is 2. The molecule has 0 saturated heterocycles. The molecule has 5 heteroatoms. The number of nitrogens with zero attached hydrogens (tertiary/aromatic N) is 2. The van der Waals surface area contributed by atoms with Crippen molar-refractivity contribution in [1.29, 1.82) is 0 Å². The number of aryl methyl sites for hydroxylation is 1. The normalized spacial score (nSPS) is 18.1. The minimum absolute atomic E-state index is 0.0854. The average Bonchev–Trinajstić information content (AvgIpc) is 3.17. The van der Waals surface area contributed by atoms with E-state index in [9.17, 15) is 9.18 Å². The lowest BCUT2D eigenvalue weighted by Crippen LogP contribution is -2.32. The van der Waals surface area contributed by atoms with Crippen LogP contribution in [0.2, 0.25) is 0 Å². The molecule has 3 rings (SSSR count). The van der Waals surface area contributed by atoms with E-state index in [0.29, 0.717) is 17.8 Å². The molecule has 23 heavy (non-hydrogen) atoms. The van der Waals surface area contributed by atoms with Crippen LogP contribution in [-0.4, -0.2) is 15.5 Å². The van der Waals surface area contributed by atoms with E-state index in [4.69, 9.17) is 0 Å². The number of halogens is 1. The Morgan fingerprint density at radius 2 is 2.30 bits per heavy atom. The van der Waals surface area contributed by atoms with Gasteiger partial charge >= 0.3 is 0 Å². The van der Waals surface area contributed by atoms with Crippen LogP contribution in [0.15, 0.2) is 48.8 Å². The average molecular weight is 313 g/mol. The lowest BCUT2D eigenvalue weighted by Gasteiger charge is -2.20. The van der Waals surface area contributed by atoms with Crippen molar-refractivity contribution in [2.45, 2.75) is 25.3 Å². The fourth-order valence-corrected chi connectivity index (χ4v) is 2.97. The molecule has 0 saturated carbocycles. The number of amides is 1. The SMILES string of the molecule is Cn1ccnc1[C@H](NC(=O)C[C@H]1C=CCC1)c1ccccc1F. The minimum Gasteiger partial charge on any atom is -0.342 e. The van der Waals surface area contributed by atoms with Gasteiger partial charge in [-0.1, -0.05) is 30.4 Å². The van der Waals surface area contributed by atoms with E-state index in [2.05, 4.69) is 22.5 Å². The maximum atomic E-state index is 14.2. The van der Waals surface area contributed by atoms with E-state index in [1.54, 1.807) is 35.2 Å².